The van der Waals surface area contributed by atoms with Crippen molar-refractivity contribution in [1.82, 2.24) is 15.8 Å². The van der Waals surface area contributed by atoms with E-state index in [1.807, 2.05) is 26.0 Å². The van der Waals surface area contributed by atoms with Gasteiger partial charge in [-0.15, -0.1) is 24.0 Å². The van der Waals surface area contributed by atoms with Crippen LogP contribution >= 0.6 is 24.0 Å². The van der Waals surface area contributed by atoms with Gasteiger partial charge in [-0.2, -0.15) is 8.78 Å². The van der Waals surface area contributed by atoms with Crippen molar-refractivity contribution < 1.29 is 18.0 Å². The summed E-state index contributed by atoms with van der Waals surface area (Å²) >= 11 is 0. The molecule has 2 heterocycles. The standard InChI is InChI=1S/C21H29F2N5O2.HI/c1-14-19(15(2)30-27-14)10-11-25-21(24-3)26-16-5-4-12-28(13-16)17-6-8-18(9-7-17)29-20(22)23;/h6-9,16,20H,4-5,10-13H2,1-3H3,(H2,24,25,26);1H. The molecule has 1 fully saturated rings. The van der Waals surface area contributed by atoms with Crippen molar-refractivity contribution in [1.29, 1.82) is 0 Å². The van der Waals surface area contributed by atoms with Crippen LogP contribution in [-0.2, 0) is 6.42 Å². The first-order chi connectivity index (χ1) is 14.5. The number of ether oxygens (including phenoxy) is 1. The van der Waals surface area contributed by atoms with E-state index in [0.717, 1.165) is 67.6 Å². The number of benzene rings is 1. The molecule has 3 rings (SSSR count). The Hall–Kier alpha value is -2.11. The smallest absolute Gasteiger partial charge is 0.387 e. The number of nitrogens with one attached hydrogen (secondary N) is 2. The number of piperidine rings is 1. The second-order valence-corrected chi connectivity index (χ2v) is 7.35. The number of alkyl halides is 2. The molecule has 0 aliphatic carbocycles. The Bertz CT molecular complexity index is 825. The normalized spacial score (nSPS) is 16.8. The summed E-state index contributed by atoms with van der Waals surface area (Å²) in [5.41, 5.74) is 3.04. The van der Waals surface area contributed by atoms with Gasteiger partial charge in [0.2, 0.25) is 0 Å². The third kappa shape index (κ3) is 7.22. The number of hydrogen-bond acceptors (Lipinski definition) is 5. The molecule has 7 nitrogen and oxygen atoms in total. The number of hydrogen-bond donors (Lipinski definition) is 2. The molecule has 0 bridgehead atoms. The number of guanidine groups is 1. The van der Waals surface area contributed by atoms with Crippen LogP contribution in [0.2, 0.25) is 0 Å². The number of aliphatic imine (C=N–C) groups is 1. The zero-order chi connectivity index (χ0) is 21.5. The molecule has 1 aromatic carbocycles. The highest BCUT2D eigenvalue weighted by molar-refractivity contribution is 14.0. The average molecular weight is 549 g/mol. The molecule has 1 aromatic heterocycles. The van der Waals surface area contributed by atoms with E-state index in [1.54, 1.807) is 19.2 Å². The molecule has 0 spiro atoms. The number of rotatable bonds is 7. The molecule has 1 unspecified atom stereocenters. The molecule has 31 heavy (non-hydrogen) atoms. The van der Waals surface area contributed by atoms with Crippen LogP contribution in [-0.4, -0.2) is 50.5 Å². The fourth-order valence-corrected chi connectivity index (χ4v) is 3.72. The minimum absolute atomic E-state index is 0. The first kappa shape index (κ1) is 25.2. The van der Waals surface area contributed by atoms with Crippen molar-refractivity contribution in [3.8, 4) is 5.75 Å². The summed E-state index contributed by atoms with van der Waals surface area (Å²) in [5.74, 6) is 1.78. The Kier molecular flexibility index (Phi) is 9.79. The van der Waals surface area contributed by atoms with E-state index in [9.17, 15) is 8.78 Å². The molecule has 1 aliphatic heterocycles. The minimum Gasteiger partial charge on any atom is -0.435 e. The SMILES string of the molecule is CN=C(NCCc1c(C)noc1C)NC1CCCN(c2ccc(OC(F)F)cc2)C1.I. The lowest BCUT2D eigenvalue weighted by Crippen LogP contribution is -2.51. The molecule has 2 aromatic rings. The molecule has 1 saturated heterocycles. The van der Waals surface area contributed by atoms with Crippen LogP contribution in [0.1, 0.15) is 29.9 Å². The highest BCUT2D eigenvalue weighted by Crippen LogP contribution is 2.24. The number of anilines is 1. The molecule has 1 aliphatic rings. The van der Waals surface area contributed by atoms with E-state index < -0.39 is 6.61 Å². The van der Waals surface area contributed by atoms with E-state index in [4.69, 9.17) is 4.52 Å². The molecule has 0 radical (unpaired) electrons. The van der Waals surface area contributed by atoms with Crippen LogP contribution in [0.15, 0.2) is 33.8 Å². The molecule has 0 saturated carbocycles. The third-order valence-electron chi connectivity index (χ3n) is 5.26. The van der Waals surface area contributed by atoms with Crippen LogP contribution < -0.4 is 20.3 Å². The third-order valence-corrected chi connectivity index (χ3v) is 5.26. The molecule has 0 amide bonds. The number of nitrogens with zero attached hydrogens (tertiary/aromatic N) is 3. The van der Waals surface area contributed by atoms with Gasteiger partial charge in [0.1, 0.15) is 11.5 Å². The number of halogens is 3. The molecular weight excluding hydrogens is 519 g/mol. The van der Waals surface area contributed by atoms with E-state index >= 15 is 0 Å². The lowest BCUT2D eigenvalue weighted by atomic mass is 10.0. The van der Waals surface area contributed by atoms with Crippen LogP contribution in [0, 0.1) is 13.8 Å². The summed E-state index contributed by atoms with van der Waals surface area (Å²) < 4.78 is 34.3. The van der Waals surface area contributed by atoms with Crippen LogP contribution in [0.25, 0.3) is 0 Å². The molecule has 172 valence electrons. The van der Waals surface area contributed by atoms with Gasteiger partial charge in [-0.3, -0.25) is 4.99 Å². The van der Waals surface area contributed by atoms with Crippen molar-refractivity contribution in [2.45, 2.75) is 45.8 Å². The summed E-state index contributed by atoms with van der Waals surface area (Å²) in [6, 6.07) is 7.02. The zero-order valence-corrected chi connectivity index (χ0v) is 20.4. The van der Waals surface area contributed by atoms with E-state index in [1.165, 1.54) is 0 Å². The van der Waals surface area contributed by atoms with E-state index in [2.05, 4.69) is 30.4 Å². The zero-order valence-electron chi connectivity index (χ0n) is 18.0. The highest BCUT2D eigenvalue weighted by Gasteiger charge is 2.21. The van der Waals surface area contributed by atoms with Crippen LogP contribution in [0.4, 0.5) is 14.5 Å². The summed E-state index contributed by atoms with van der Waals surface area (Å²) in [6.45, 7) is 3.51. The van der Waals surface area contributed by atoms with Crippen molar-refractivity contribution >= 4 is 35.6 Å². The summed E-state index contributed by atoms with van der Waals surface area (Å²) in [4.78, 5) is 6.57. The Labute approximate surface area is 198 Å². The lowest BCUT2D eigenvalue weighted by Gasteiger charge is -2.35. The van der Waals surface area contributed by atoms with Crippen LogP contribution in [0.3, 0.4) is 0 Å². The maximum atomic E-state index is 12.3. The van der Waals surface area contributed by atoms with Crippen molar-refractivity contribution in [2.24, 2.45) is 4.99 Å². The predicted octanol–water partition coefficient (Wildman–Crippen LogP) is 3.89. The highest BCUT2D eigenvalue weighted by atomic mass is 127. The van der Waals surface area contributed by atoms with Gasteiger partial charge < -0.3 is 24.8 Å². The minimum atomic E-state index is -2.81. The monoisotopic (exact) mass is 549 g/mol. The Morgan fingerprint density at radius 2 is 2.06 bits per heavy atom. The van der Waals surface area contributed by atoms with Crippen molar-refractivity contribution in [2.75, 3.05) is 31.6 Å². The summed E-state index contributed by atoms with van der Waals surface area (Å²) in [7, 11) is 1.76. The molecular formula is C21H30F2IN5O2. The molecule has 10 heteroatoms. The fourth-order valence-electron chi connectivity index (χ4n) is 3.72. The lowest BCUT2D eigenvalue weighted by molar-refractivity contribution is -0.0498. The van der Waals surface area contributed by atoms with Gasteiger partial charge in [-0.05, 0) is 57.4 Å². The van der Waals surface area contributed by atoms with Crippen molar-refractivity contribution in [3.63, 3.8) is 0 Å². The first-order valence-electron chi connectivity index (χ1n) is 10.1. The maximum absolute atomic E-state index is 12.3. The first-order valence-corrected chi connectivity index (χ1v) is 10.1. The van der Waals surface area contributed by atoms with Gasteiger partial charge in [0.15, 0.2) is 5.96 Å². The summed E-state index contributed by atoms with van der Waals surface area (Å²) in [5, 5.41) is 10.8. The van der Waals surface area contributed by atoms with E-state index in [0.29, 0.717) is 0 Å². The number of aryl methyl sites for hydroxylation is 2. The van der Waals surface area contributed by atoms with Gasteiger partial charge in [-0.1, -0.05) is 5.16 Å². The Morgan fingerprint density at radius 1 is 1.32 bits per heavy atom. The summed E-state index contributed by atoms with van der Waals surface area (Å²) in [6.07, 6.45) is 2.88. The largest absolute Gasteiger partial charge is 0.435 e. The van der Waals surface area contributed by atoms with Gasteiger partial charge in [0, 0.05) is 44.0 Å². The molecule has 2 N–H and O–H groups in total. The fraction of sp³-hybridized carbons (Fsp3) is 0.524. The second kappa shape index (κ2) is 12.1. The van der Waals surface area contributed by atoms with E-state index in [-0.39, 0.29) is 35.8 Å². The van der Waals surface area contributed by atoms with Crippen molar-refractivity contribution in [3.05, 3.63) is 41.3 Å². The maximum Gasteiger partial charge on any atom is 0.387 e. The van der Waals surface area contributed by atoms with Gasteiger partial charge >= 0.3 is 6.61 Å². The second-order valence-electron chi connectivity index (χ2n) is 7.35. The predicted molar refractivity (Wildman–Crippen MR) is 128 cm³/mol. The topological polar surface area (TPSA) is 74.9 Å². The Morgan fingerprint density at radius 3 is 2.68 bits per heavy atom. The van der Waals surface area contributed by atoms with Gasteiger partial charge in [0.25, 0.3) is 0 Å². The quantitative estimate of drug-likeness (QED) is 0.310. The average Bonchev–Trinajstić information content (AvgIpc) is 3.05. The van der Waals surface area contributed by atoms with Crippen LogP contribution in [0.5, 0.6) is 5.75 Å². The van der Waals surface area contributed by atoms with Gasteiger partial charge in [-0.25, -0.2) is 0 Å². The number of aromatic nitrogens is 1. The molecule has 1 atom stereocenters. The van der Waals surface area contributed by atoms with Gasteiger partial charge in [0.05, 0.1) is 5.69 Å². The Balaban J connectivity index is 0.00000341.